The van der Waals surface area contributed by atoms with Crippen LogP contribution in [0.2, 0.25) is 0 Å². The number of carbonyl (C=O) groups is 1. The van der Waals surface area contributed by atoms with E-state index < -0.39 is 11.6 Å². The third-order valence-electron chi connectivity index (χ3n) is 3.66. The van der Waals surface area contributed by atoms with E-state index in [-0.39, 0.29) is 18.3 Å². The van der Waals surface area contributed by atoms with E-state index in [9.17, 15) is 13.6 Å². The monoisotopic (exact) mass is 303 g/mol. The number of hydrogen-bond acceptors (Lipinski definition) is 2. The molecule has 0 saturated carbocycles. The highest BCUT2D eigenvalue weighted by Crippen LogP contribution is 2.26. The van der Waals surface area contributed by atoms with Gasteiger partial charge in [0.05, 0.1) is 0 Å². The number of anilines is 1. The Labute approximate surface area is 127 Å². The van der Waals surface area contributed by atoms with E-state index in [1.165, 1.54) is 6.07 Å². The van der Waals surface area contributed by atoms with Gasteiger partial charge < -0.3 is 9.64 Å². The summed E-state index contributed by atoms with van der Waals surface area (Å²) in [6.45, 7) is 0.427. The molecule has 1 amide bonds. The Balaban J connectivity index is 1.69. The normalized spacial score (nSPS) is 13.6. The lowest BCUT2D eigenvalue weighted by Crippen LogP contribution is -2.38. The van der Waals surface area contributed by atoms with Crippen LogP contribution in [0.15, 0.2) is 42.5 Å². The summed E-state index contributed by atoms with van der Waals surface area (Å²) in [5.74, 6) is -1.99. The van der Waals surface area contributed by atoms with Gasteiger partial charge in [0.15, 0.2) is 18.2 Å². The van der Waals surface area contributed by atoms with Gasteiger partial charge in [-0.15, -0.1) is 0 Å². The van der Waals surface area contributed by atoms with Crippen LogP contribution in [0.25, 0.3) is 0 Å². The Bertz CT molecular complexity index is 703. The smallest absolute Gasteiger partial charge is 0.264 e. The maximum absolute atomic E-state index is 13.1. The molecule has 114 valence electrons. The average Bonchev–Trinajstić information content (AvgIpc) is 2.55. The van der Waals surface area contributed by atoms with Gasteiger partial charge >= 0.3 is 0 Å². The summed E-state index contributed by atoms with van der Waals surface area (Å²) in [5, 5.41) is 0. The zero-order chi connectivity index (χ0) is 15.5. The average molecular weight is 303 g/mol. The van der Waals surface area contributed by atoms with Crippen molar-refractivity contribution in [3.05, 3.63) is 59.7 Å². The Morgan fingerprint density at radius 1 is 1.14 bits per heavy atom. The molecule has 0 spiro atoms. The number of rotatable bonds is 3. The minimum Gasteiger partial charge on any atom is -0.484 e. The lowest BCUT2D eigenvalue weighted by molar-refractivity contribution is -0.120. The number of carbonyl (C=O) groups excluding carboxylic acids is 1. The number of amides is 1. The molecule has 0 atom stereocenters. The predicted octanol–water partition coefficient (Wildman–Crippen LogP) is 3.32. The Morgan fingerprint density at radius 2 is 1.95 bits per heavy atom. The second-order valence-electron chi connectivity index (χ2n) is 5.14. The van der Waals surface area contributed by atoms with Crippen molar-refractivity contribution >= 4 is 11.6 Å². The fraction of sp³-hybridized carbons (Fsp3) is 0.235. The third kappa shape index (κ3) is 2.93. The van der Waals surface area contributed by atoms with Crippen LogP contribution in [0.3, 0.4) is 0 Å². The summed E-state index contributed by atoms with van der Waals surface area (Å²) < 4.78 is 31.2. The molecule has 0 bridgehead atoms. The zero-order valence-electron chi connectivity index (χ0n) is 11.9. The van der Waals surface area contributed by atoms with Crippen molar-refractivity contribution in [3.63, 3.8) is 0 Å². The molecule has 3 rings (SSSR count). The minimum atomic E-state index is -0.992. The Kier molecular flexibility index (Phi) is 4.04. The topological polar surface area (TPSA) is 29.5 Å². The van der Waals surface area contributed by atoms with Crippen molar-refractivity contribution in [2.75, 3.05) is 18.1 Å². The molecule has 5 heteroatoms. The molecule has 1 aliphatic rings. The molecular formula is C17H15F2NO2. The summed E-state index contributed by atoms with van der Waals surface area (Å²) in [7, 11) is 0. The maximum atomic E-state index is 13.1. The highest BCUT2D eigenvalue weighted by atomic mass is 19.2. The molecule has 0 aromatic heterocycles. The van der Waals surface area contributed by atoms with E-state index in [4.69, 9.17) is 4.74 Å². The second kappa shape index (κ2) is 6.13. The summed E-state index contributed by atoms with van der Waals surface area (Å²) in [5.41, 5.74) is 2.03. The van der Waals surface area contributed by atoms with Gasteiger partial charge in [-0.2, -0.15) is 0 Å². The van der Waals surface area contributed by atoms with Crippen LogP contribution < -0.4 is 9.64 Å². The standard InChI is InChI=1S/C17H15F2NO2/c18-14-8-7-13(10-15(14)19)22-11-17(21)20-9-3-5-12-4-1-2-6-16(12)20/h1-2,4,6-8,10H,3,5,9,11H2. The van der Waals surface area contributed by atoms with Crippen LogP contribution in [0.5, 0.6) is 5.75 Å². The van der Waals surface area contributed by atoms with E-state index in [2.05, 4.69) is 0 Å². The van der Waals surface area contributed by atoms with E-state index >= 15 is 0 Å². The van der Waals surface area contributed by atoms with Crippen LogP contribution in [-0.2, 0) is 11.2 Å². The number of ether oxygens (including phenoxy) is 1. The predicted molar refractivity (Wildman–Crippen MR) is 79.0 cm³/mol. The van der Waals surface area contributed by atoms with Gasteiger partial charge in [0.1, 0.15) is 5.75 Å². The summed E-state index contributed by atoms with van der Waals surface area (Å²) in [4.78, 5) is 14.0. The maximum Gasteiger partial charge on any atom is 0.264 e. The number of para-hydroxylation sites is 1. The Morgan fingerprint density at radius 3 is 2.77 bits per heavy atom. The molecule has 0 aliphatic carbocycles. The number of hydrogen-bond donors (Lipinski definition) is 0. The molecule has 1 heterocycles. The highest BCUT2D eigenvalue weighted by Gasteiger charge is 2.22. The first-order valence-electron chi connectivity index (χ1n) is 7.11. The van der Waals surface area contributed by atoms with E-state index in [1.807, 2.05) is 24.3 Å². The molecular weight excluding hydrogens is 288 g/mol. The van der Waals surface area contributed by atoms with Crippen molar-refractivity contribution in [1.29, 1.82) is 0 Å². The van der Waals surface area contributed by atoms with Crippen molar-refractivity contribution in [1.82, 2.24) is 0 Å². The largest absolute Gasteiger partial charge is 0.484 e. The molecule has 2 aromatic rings. The van der Waals surface area contributed by atoms with Gasteiger partial charge in [0.25, 0.3) is 5.91 Å². The molecule has 0 saturated heterocycles. The lowest BCUT2D eigenvalue weighted by atomic mass is 10.0. The molecule has 0 N–H and O–H groups in total. The van der Waals surface area contributed by atoms with E-state index in [0.717, 1.165) is 36.2 Å². The fourth-order valence-corrected chi connectivity index (χ4v) is 2.58. The van der Waals surface area contributed by atoms with Crippen molar-refractivity contribution < 1.29 is 18.3 Å². The van der Waals surface area contributed by atoms with Gasteiger partial charge in [0, 0.05) is 18.3 Å². The Hall–Kier alpha value is -2.43. The van der Waals surface area contributed by atoms with E-state index in [0.29, 0.717) is 6.54 Å². The molecule has 2 aromatic carbocycles. The van der Waals surface area contributed by atoms with Crippen LogP contribution in [0, 0.1) is 11.6 Å². The quantitative estimate of drug-likeness (QED) is 0.870. The summed E-state index contributed by atoms with van der Waals surface area (Å²) in [6.07, 6.45) is 1.85. The van der Waals surface area contributed by atoms with Crippen molar-refractivity contribution in [2.45, 2.75) is 12.8 Å². The second-order valence-corrected chi connectivity index (χ2v) is 5.14. The molecule has 3 nitrogen and oxygen atoms in total. The van der Waals surface area contributed by atoms with Gasteiger partial charge in [-0.3, -0.25) is 4.79 Å². The highest BCUT2D eigenvalue weighted by molar-refractivity contribution is 5.95. The molecule has 22 heavy (non-hydrogen) atoms. The number of fused-ring (bicyclic) bond motifs is 1. The first-order valence-corrected chi connectivity index (χ1v) is 7.11. The molecule has 1 aliphatic heterocycles. The van der Waals surface area contributed by atoms with Gasteiger partial charge in [-0.1, -0.05) is 18.2 Å². The van der Waals surface area contributed by atoms with Crippen LogP contribution in [0.4, 0.5) is 14.5 Å². The van der Waals surface area contributed by atoms with Gasteiger partial charge in [-0.25, -0.2) is 8.78 Å². The van der Waals surface area contributed by atoms with Gasteiger partial charge in [-0.05, 0) is 36.6 Å². The summed E-state index contributed by atoms with van der Waals surface area (Å²) in [6, 6.07) is 11.0. The zero-order valence-corrected chi connectivity index (χ0v) is 11.9. The van der Waals surface area contributed by atoms with Crippen molar-refractivity contribution in [3.8, 4) is 5.75 Å². The minimum absolute atomic E-state index is 0.137. The molecule has 0 radical (unpaired) electrons. The third-order valence-corrected chi connectivity index (χ3v) is 3.66. The van der Waals surface area contributed by atoms with Crippen molar-refractivity contribution in [2.24, 2.45) is 0 Å². The number of aryl methyl sites for hydroxylation is 1. The fourth-order valence-electron chi connectivity index (χ4n) is 2.58. The first-order chi connectivity index (χ1) is 10.6. The first kappa shape index (κ1) is 14.5. The summed E-state index contributed by atoms with van der Waals surface area (Å²) >= 11 is 0. The van der Waals surface area contributed by atoms with Gasteiger partial charge in [0.2, 0.25) is 0 Å². The van der Waals surface area contributed by atoms with Crippen LogP contribution in [-0.4, -0.2) is 19.1 Å². The SMILES string of the molecule is O=C(COc1ccc(F)c(F)c1)N1CCCc2ccccc21. The molecule has 0 fully saturated rings. The van der Waals surface area contributed by atoms with E-state index in [1.54, 1.807) is 4.90 Å². The number of benzene rings is 2. The van der Waals surface area contributed by atoms with Crippen LogP contribution in [0.1, 0.15) is 12.0 Å². The van der Waals surface area contributed by atoms with Crippen LogP contribution >= 0.6 is 0 Å². The lowest BCUT2D eigenvalue weighted by Gasteiger charge is -2.29. The molecule has 0 unspecified atom stereocenters. The number of halogens is 2. The number of nitrogens with zero attached hydrogens (tertiary/aromatic N) is 1.